The number of benzene rings is 1. The van der Waals surface area contributed by atoms with E-state index in [0.29, 0.717) is 36.9 Å². The summed E-state index contributed by atoms with van der Waals surface area (Å²) in [5.74, 6) is 0.235. The fourth-order valence-corrected chi connectivity index (χ4v) is 5.25. The van der Waals surface area contributed by atoms with Gasteiger partial charge in [-0.1, -0.05) is 11.6 Å². The maximum absolute atomic E-state index is 13.5. The van der Waals surface area contributed by atoms with E-state index in [2.05, 4.69) is 28.0 Å². The van der Waals surface area contributed by atoms with E-state index >= 15 is 0 Å². The van der Waals surface area contributed by atoms with Gasteiger partial charge in [-0.3, -0.25) is 15.0 Å². The second-order valence-electron chi connectivity index (χ2n) is 9.15. The zero-order chi connectivity index (χ0) is 22.1. The molecule has 0 aromatic heterocycles. The second kappa shape index (κ2) is 9.30. The Bertz CT molecular complexity index is 835. The van der Waals surface area contributed by atoms with Gasteiger partial charge in [-0.05, 0) is 56.6 Å². The number of likely N-dealkylation sites (N-methyl/N-ethyl adjacent to an activating group) is 1. The van der Waals surface area contributed by atoms with Crippen molar-refractivity contribution in [3.8, 4) is 5.75 Å². The molecule has 3 N–H and O–H groups in total. The normalized spacial score (nSPS) is 32.3. The highest BCUT2D eigenvalue weighted by Gasteiger charge is 2.49. The van der Waals surface area contributed by atoms with Crippen LogP contribution in [0, 0.1) is 23.6 Å². The Balaban J connectivity index is 1.24. The molecule has 1 heterocycles. The zero-order valence-electron chi connectivity index (χ0n) is 17.9. The van der Waals surface area contributed by atoms with E-state index in [9.17, 15) is 14.0 Å². The topological polar surface area (TPSA) is 82.7 Å². The monoisotopic (exact) mass is 452 g/mol. The minimum Gasteiger partial charge on any atom is -0.484 e. The summed E-state index contributed by atoms with van der Waals surface area (Å²) in [5, 5.41) is 8.22. The van der Waals surface area contributed by atoms with Gasteiger partial charge in [0.05, 0.1) is 5.02 Å². The summed E-state index contributed by atoms with van der Waals surface area (Å²) >= 11 is 5.66. The Morgan fingerprint density at radius 2 is 2.03 bits per heavy atom. The van der Waals surface area contributed by atoms with Crippen LogP contribution in [-0.2, 0) is 9.59 Å². The van der Waals surface area contributed by atoms with Crippen LogP contribution >= 0.6 is 11.6 Å². The number of nitrogens with one attached hydrogen (secondary N) is 3. The van der Waals surface area contributed by atoms with Crippen molar-refractivity contribution >= 4 is 23.4 Å². The molecule has 170 valence electrons. The Labute approximate surface area is 187 Å². The molecule has 31 heavy (non-hydrogen) atoms. The molecule has 1 saturated heterocycles. The number of nitrogens with zero attached hydrogens (tertiary/aromatic N) is 1. The summed E-state index contributed by atoms with van der Waals surface area (Å²) in [6.07, 6.45) is 3.59. The first-order valence-corrected chi connectivity index (χ1v) is 11.3. The summed E-state index contributed by atoms with van der Waals surface area (Å²) < 4.78 is 18.9. The standard InChI is InChI=1S/C22H30ClFN4O3/c1-12-5-15(28(2)27-12)10-25-22(30)17-9-20(14-6-13(17)7-14)26-21(29)11-31-16-3-4-18(23)19(24)8-16/h3-4,8,12-15,17,20,27H,5-7,9-11H2,1-2H3,(H,25,30)(H,26,29)/t12?,13?,14?,15?,17-,20+/m1/s1. The smallest absolute Gasteiger partial charge is 0.258 e. The lowest BCUT2D eigenvalue weighted by molar-refractivity contribution is -0.136. The van der Waals surface area contributed by atoms with E-state index in [1.165, 1.54) is 12.1 Å². The molecule has 1 aliphatic heterocycles. The summed E-state index contributed by atoms with van der Waals surface area (Å²) in [6, 6.07) is 4.75. The van der Waals surface area contributed by atoms with Crippen molar-refractivity contribution < 1.29 is 18.7 Å². The molecule has 3 aliphatic carbocycles. The van der Waals surface area contributed by atoms with Crippen LogP contribution in [0.2, 0.25) is 5.02 Å². The fourth-order valence-electron chi connectivity index (χ4n) is 5.13. The molecule has 4 fully saturated rings. The van der Waals surface area contributed by atoms with E-state index < -0.39 is 5.82 Å². The van der Waals surface area contributed by atoms with Crippen LogP contribution in [0.15, 0.2) is 18.2 Å². The summed E-state index contributed by atoms with van der Waals surface area (Å²) in [6.45, 7) is 2.56. The number of amides is 2. The molecule has 0 radical (unpaired) electrons. The number of hydrazine groups is 1. The Hall–Kier alpha value is -1.90. The fraction of sp³-hybridized carbons (Fsp3) is 0.636. The lowest BCUT2D eigenvalue weighted by Crippen LogP contribution is -2.57. The Morgan fingerprint density at radius 1 is 1.26 bits per heavy atom. The first-order valence-electron chi connectivity index (χ1n) is 10.9. The highest BCUT2D eigenvalue weighted by molar-refractivity contribution is 6.30. The number of halogens is 2. The van der Waals surface area contributed by atoms with Gasteiger partial charge in [0.2, 0.25) is 5.91 Å². The molecule has 2 bridgehead atoms. The molecule has 9 heteroatoms. The predicted molar refractivity (Wildman–Crippen MR) is 115 cm³/mol. The largest absolute Gasteiger partial charge is 0.484 e. The number of hydrogen-bond acceptors (Lipinski definition) is 5. The van der Waals surface area contributed by atoms with Crippen LogP contribution in [0.5, 0.6) is 5.75 Å². The molecule has 1 aromatic rings. The van der Waals surface area contributed by atoms with E-state index in [0.717, 1.165) is 25.3 Å². The molecular formula is C22H30ClFN4O3. The molecule has 3 saturated carbocycles. The van der Waals surface area contributed by atoms with Crippen molar-refractivity contribution in [2.75, 3.05) is 20.2 Å². The number of rotatable bonds is 7. The highest BCUT2D eigenvalue weighted by atomic mass is 35.5. The summed E-state index contributed by atoms with van der Waals surface area (Å²) in [5.41, 5.74) is 3.34. The third-order valence-corrected chi connectivity index (χ3v) is 7.22. The third-order valence-electron chi connectivity index (χ3n) is 6.91. The van der Waals surface area contributed by atoms with E-state index in [-0.39, 0.29) is 41.2 Å². The molecule has 4 aliphatic rings. The van der Waals surface area contributed by atoms with Gasteiger partial charge < -0.3 is 15.4 Å². The number of carbonyl (C=O) groups is 2. The van der Waals surface area contributed by atoms with Gasteiger partial charge in [0, 0.05) is 43.7 Å². The van der Waals surface area contributed by atoms with Crippen LogP contribution in [-0.4, -0.2) is 55.1 Å². The third kappa shape index (κ3) is 5.13. The predicted octanol–water partition coefficient (Wildman–Crippen LogP) is 2.10. The van der Waals surface area contributed by atoms with Gasteiger partial charge in [0.25, 0.3) is 5.91 Å². The minimum absolute atomic E-state index is 0.00761. The zero-order valence-corrected chi connectivity index (χ0v) is 18.6. The van der Waals surface area contributed by atoms with Crippen molar-refractivity contribution in [2.45, 2.75) is 50.7 Å². The van der Waals surface area contributed by atoms with E-state index in [1.807, 2.05) is 7.05 Å². The molecule has 4 atom stereocenters. The van der Waals surface area contributed by atoms with Crippen LogP contribution < -0.4 is 20.8 Å². The second-order valence-corrected chi connectivity index (χ2v) is 9.56. The van der Waals surface area contributed by atoms with Crippen LogP contribution in [0.1, 0.15) is 32.6 Å². The average Bonchev–Trinajstić information content (AvgIpc) is 3.03. The molecule has 7 nitrogen and oxygen atoms in total. The van der Waals surface area contributed by atoms with Gasteiger partial charge >= 0.3 is 0 Å². The van der Waals surface area contributed by atoms with Gasteiger partial charge in [0.1, 0.15) is 11.6 Å². The van der Waals surface area contributed by atoms with Gasteiger partial charge in [-0.15, -0.1) is 0 Å². The maximum atomic E-state index is 13.5. The van der Waals surface area contributed by atoms with Crippen LogP contribution in [0.4, 0.5) is 4.39 Å². The minimum atomic E-state index is -0.588. The first-order chi connectivity index (χ1) is 14.8. The Kier molecular flexibility index (Phi) is 6.69. The maximum Gasteiger partial charge on any atom is 0.258 e. The van der Waals surface area contributed by atoms with Crippen molar-refractivity contribution in [1.29, 1.82) is 0 Å². The first kappa shape index (κ1) is 22.3. The SMILES string of the molecule is CC1CC(CNC(=O)[C@@H]2C[C@H](NC(=O)COc3ccc(Cl)c(F)c3)C3CC2C3)N(C)N1. The molecule has 1 aromatic carbocycles. The quantitative estimate of drug-likeness (QED) is 0.590. The van der Waals surface area contributed by atoms with Gasteiger partial charge in [-0.2, -0.15) is 0 Å². The lowest BCUT2D eigenvalue weighted by Gasteiger charge is -2.50. The summed E-state index contributed by atoms with van der Waals surface area (Å²) in [4.78, 5) is 25.2. The van der Waals surface area contributed by atoms with Crippen molar-refractivity contribution in [1.82, 2.24) is 21.1 Å². The number of carbonyl (C=O) groups excluding carboxylic acids is 2. The summed E-state index contributed by atoms with van der Waals surface area (Å²) in [7, 11) is 2.00. The van der Waals surface area contributed by atoms with Crippen LogP contribution in [0.25, 0.3) is 0 Å². The average molecular weight is 453 g/mol. The number of hydrogen-bond donors (Lipinski definition) is 3. The van der Waals surface area contributed by atoms with Crippen molar-refractivity contribution in [2.24, 2.45) is 17.8 Å². The van der Waals surface area contributed by atoms with Gasteiger partial charge in [-0.25, -0.2) is 9.40 Å². The number of ether oxygens (including phenoxy) is 1. The molecule has 2 amide bonds. The number of fused-ring (bicyclic) bond motifs is 2. The molecular weight excluding hydrogens is 423 g/mol. The van der Waals surface area contributed by atoms with Crippen molar-refractivity contribution in [3.63, 3.8) is 0 Å². The van der Waals surface area contributed by atoms with Crippen molar-refractivity contribution in [3.05, 3.63) is 29.0 Å². The highest BCUT2D eigenvalue weighted by Crippen LogP contribution is 2.49. The molecule has 2 unspecified atom stereocenters. The van der Waals surface area contributed by atoms with Gasteiger partial charge in [0.15, 0.2) is 6.61 Å². The molecule has 5 rings (SSSR count). The van der Waals surface area contributed by atoms with Crippen LogP contribution in [0.3, 0.4) is 0 Å². The van der Waals surface area contributed by atoms with E-state index in [4.69, 9.17) is 16.3 Å². The van der Waals surface area contributed by atoms with E-state index in [1.54, 1.807) is 0 Å². The lowest BCUT2D eigenvalue weighted by atomic mass is 9.57. The Morgan fingerprint density at radius 3 is 2.71 bits per heavy atom. The molecule has 0 spiro atoms.